The van der Waals surface area contributed by atoms with Crippen LogP contribution in [0.2, 0.25) is 0 Å². The first-order valence-electron chi connectivity index (χ1n) is 8.72. The van der Waals surface area contributed by atoms with Crippen LogP contribution in [-0.2, 0) is 33.5 Å². The highest BCUT2D eigenvalue weighted by Gasteiger charge is 2.19. The Balaban J connectivity index is 1.48. The van der Waals surface area contributed by atoms with E-state index < -0.39 is 21.5 Å². The van der Waals surface area contributed by atoms with Crippen molar-refractivity contribution in [2.75, 3.05) is 5.75 Å². The molecule has 3 rings (SSSR count). The van der Waals surface area contributed by atoms with Gasteiger partial charge in [0, 0.05) is 11.9 Å². The van der Waals surface area contributed by atoms with E-state index in [1.165, 1.54) is 35.6 Å². The largest absolute Gasteiger partial charge is 0.486 e. The maximum atomic E-state index is 12.9. The van der Waals surface area contributed by atoms with Crippen molar-refractivity contribution >= 4 is 27.1 Å². The molecule has 152 valence electrons. The number of ether oxygens (including phenoxy) is 1. The van der Waals surface area contributed by atoms with Crippen LogP contribution in [0.3, 0.4) is 0 Å². The third kappa shape index (κ3) is 6.95. The van der Waals surface area contributed by atoms with Gasteiger partial charge in [0.05, 0.1) is 11.4 Å². The minimum absolute atomic E-state index is 0.131. The van der Waals surface area contributed by atoms with E-state index in [1.807, 2.05) is 30.3 Å². The first-order chi connectivity index (χ1) is 13.9. The van der Waals surface area contributed by atoms with Gasteiger partial charge in [0.25, 0.3) is 0 Å². The zero-order valence-electron chi connectivity index (χ0n) is 15.4. The number of halogens is 1. The molecule has 0 aliphatic heterocycles. The van der Waals surface area contributed by atoms with Gasteiger partial charge in [0.1, 0.15) is 28.9 Å². The van der Waals surface area contributed by atoms with E-state index in [1.54, 1.807) is 5.38 Å². The Morgan fingerprint density at radius 3 is 2.55 bits per heavy atom. The van der Waals surface area contributed by atoms with Gasteiger partial charge in [-0.3, -0.25) is 4.79 Å². The van der Waals surface area contributed by atoms with Crippen LogP contribution in [0.4, 0.5) is 4.39 Å². The summed E-state index contributed by atoms with van der Waals surface area (Å²) in [6.07, 6.45) is 0. The van der Waals surface area contributed by atoms with Gasteiger partial charge in [-0.1, -0.05) is 30.3 Å². The van der Waals surface area contributed by atoms with Gasteiger partial charge in [-0.15, -0.1) is 11.3 Å². The second kappa shape index (κ2) is 9.62. The van der Waals surface area contributed by atoms with Crippen molar-refractivity contribution in [3.63, 3.8) is 0 Å². The van der Waals surface area contributed by atoms with Gasteiger partial charge in [-0.2, -0.15) is 0 Å². The predicted molar refractivity (Wildman–Crippen MR) is 109 cm³/mol. The Labute approximate surface area is 172 Å². The van der Waals surface area contributed by atoms with Crippen LogP contribution in [0.15, 0.2) is 60.0 Å². The van der Waals surface area contributed by atoms with Crippen LogP contribution in [0, 0.1) is 5.82 Å². The maximum Gasteiger partial charge on any atom is 0.235 e. The van der Waals surface area contributed by atoms with Crippen molar-refractivity contribution in [3.8, 4) is 5.75 Å². The maximum absolute atomic E-state index is 12.9. The quantitative estimate of drug-likeness (QED) is 0.559. The normalized spacial score (nSPS) is 11.2. The summed E-state index contributed by atoms with van der Waals surface area (Å²) in [6.45, 7) is 0.374. The average molecular weight is 435 g/mol. The first-order valence-corrected chi connectivity index (χ1v) is 11.4. The molecule has 9 heteroatoms. The number of benzene rings is 2. The summed E-state index contributed by atoms with van der Waals surface area (Å²) in [5.41, 5.74) is 1.06. The Bertz CT molecular complexity index is 1050. The molecule has 0 unspecified atom stereocenters. The summed E-state index contributed by atoms with van der Waals surface area (Å²) in [5, 5.41) is 4.83. The molecule has 0 spiro atoms. The van der Waals surface area contributed by atoms with Crippen molar-refractivity contribution in [2.24, 2.45) is 0 Å². The molecule has 0 saturated carbocycles. The highest BCUT2D eigenvalue weighted by molar-refractivity contribution is 7.91. The van der Waals surface area contributed by atoms with Crippen LogP contribution in [-0.4, -0.2) is 25.1 Å². The molecule has 0 aliphatic rings. The number of amides is 1. The number of hydrogen-bond acceptors (Lipinski definition) is 6. The zero-order chi connectivity index (χ0) is 20.7. The van der Waals surface area contributed by atoms with Gasteiger partial charge in [0.15, 0.2) is 9.84 Å². The standard InChI is InChI=1S/C20H19FN2O4S2/c21-16-8-6-15(7-9-16)10-22-19(24)14-29(25,26)13-17-12-28-20(23-17)11-27-18-4-2-1-3-5-18/h1-9,12H,10-11,13-14H2,(H,22,24). The zero-order valence-corrected chi connectivity index (χ0v) is 17.0. The lowest BCUT2D eigenvalue weighted by Gasteiger charge is -2.06. The molecule has 3 aromatic rings. The molecule has 0 aliphatic carbocycles. The Morgan fingerprint density at radius 2 is 1.83 bits per heavy atom. The van der Waals surface area contributed by atoms with Crippen molar-refractivity contribution in [1.82, 2.24) is 10.3 Å². The fraction of sp³-hybridized carbons (Fsp3) is 0.200. The summed E-state index contributed by atoms with van der Waals surface area (Å²) < 4.78 is 43.0. The molecular weight excluding hydrogens is 415 g/mol. The Hall–Kier alpha value is -2.78. The number of carbonyl (C=O) groups excluding carboxylic acids is 1. The summed E-state index contributed by atoms with van der Waals surface area (Å²) in [6, 6.07) is 14.9. The fourth-order valence-corrected chi connectivity index (χ4v) is 4.49. The van der Waals surface area contributed by atoms with E-state index in [-0.39, 0.29) is 24.7 Å². The number of thiazole rings is 1. The molecule has 0 bridgehead atoms. The molecule has 0 saturated heterocycles. The van der Waals surface area contributed by atoms with Gasteiger partial charge < -0.3 is 10.1 Å². The monoisotopic (exact) mass is 434 g/mol. The number of hydrogen-bond donors (Lipinski definition) is 1. The molecule has 0 atom stereocenters. The molecule has 1 N–H and O–H groups in total. The third-order valence-electron chi connectivity index (χ3n) is 3.83. The minimum Gasteiger partial charge on any atom is -0.486 e. The molecule has 1 aromatic heterocycles. The van der Waals surface area contributed by atoms with Gasteiger partial charge in [-0.05, 0) is 29.8 Å². The van der Waals surface area contributed by atoms with Crippen molar-refractivity contribution in [1.29, 1.82) is 0 Å². The average Bonchev–Trinajstić information content (AvgIpc) is 3.13. The van der Waals surface area contributed by atoms with Crippen LogP contribution in [0.25, 0.3) is 0 Å². The van der Waals surface area contributed by atoms with E-state index in [0.717, 1.165) is 0 Å². The van der Waals surface area contributed by atoms with Crippen LogP contribution in [0.1, 0.15) is 16.3 Å². The highest BCUT2D eigenvalue weighted by atomic mass is 32.2. The van der Waals surface area contributed by atoms with E-state index in [9.17, 15) is 17.6 Å². The predicted octanol–water partition coefficient (Wildman–Crippen LogP) is 3.09. The summed E-state index contributed by atoms with van der Waals surface area (Å²) in [7, 11) is -3.67. The molecule has 0 radical (unpaired) electrons. The number of para-hydroxylation sites is 1. The lowest BCUT2D eigenvalue weighted by atomic mass is 10.2. The Morgan fingerprint density at radius 1 is 1.10 bits per heavy atom. The number of aromatic nitrogens is 1. The molecule has 6 nitrogen and oxygen atoms in total. The summed E-state index contributed by atoms with van der Waals surface area (Å²) >= 11 is 1.31. The fourth-order valence-electron chi connectivity index (χ4n) is 2.47. The van der Waals surface area contributed by atoms with Crippen LogP contribution < -0.4 is 10.1 Å². The van der Waals surface area contributed by atoms with Crippen molar-refractivity contribution in [2.45, 2.75) is 18.9 Å². The van der Waals surface area contributed by atoms with Gasteiger partial charge >= 0.3 is 0 Å². The molecule has 29 heavy (non-hydrogen) atoms. The van der Waals surface area contributed by atoms with Gasteiger partial charge in [-0.25, -0.2) is 17.8 Å². The lowest BCUT2D eigenvalue weighted by molar-refractivity contribution is -0.118. The van der Waals surface area contributed by atoms with E-state index in [2.05, 4.69) is 10.3 Å². The van der Waals surface area contributed by atoms with E-state index in [4.69, 9.17) is 4.74 Å². The summed E-state index contributed by atoms with van der Waals surface area (Å²) in [5.74, 6) is -1.24. The second-order valence-electron chi connectivity index (χ2n) is 6.27. The van der Waals surface area contributed by atoms with Gasteiger partial charge in [0.2, 0.25) is 5.91 Å². The Kier molecular flexibility index (Phi) is 6.95. The van der Waals surface area contributed by atoms with E-state index in [0.29, 0.717) is 22.0 Å². The second-order valence-corrected chi connectivity index (χ2v) is 9.28. The number of rotatable bonds is 9. The lowest BCUT2D eigenvalue weighted by Crippen LogP contribution is -2.30. The molecule has 0 fully saturated rings. The van der Waals surface area contributed by atoms with Crippen molar-refractivity contribution in [3.05, 3.63) is 82.1 Å². The van der Waals surface area contributed by atoms with Crippen LogP contribution in [0.5, 0.6) is 5.75 Å². The third-order valence-corrected chi connectivity index (χ3v) is 6.14. The number of nitrogens with zero attached hydrogens (tertiary/aromatic N) is 1. The minimum atomic E-state index is -3.67. The summed E-state index contributed by atoms with van der Waals surface area (Å²) in [4.78, 5) is 16.2. The first kappa shape index (κ1) is 20.9. The number of nitrogens with one attached hydrogen (secondary N) is 1. The number of sulfone groups is 1. The molecular formula is C20H19FN2O4S2. The molecule has 1 amide bonds. The smallest absolute Gasteiger partial charge is 0.235 e. The molecule has 1 heterocycles. The number of carbonyl (C=O) groups is 1. The molecule has 2 aromatic carbocycles. The SMILES string of the molecule is O=C(CS(=O)(=O)Cc1csc(COc2ccccc2)n1)NCc1ccc(F)cc1. The van der Waals surface area contributed by atoms with E-state index >= 15 is 0 Å². The highest BCUT2D eigenvalue weighted by Crippen LogP contribution is 2.16. The van der Waals surface area contributed by atoms with Crippen molar-refractivity contribution < 1.29 is 22.3 Å². The van der Waals surface area contributed by atoms with Crippen LogP contribution >= 0.6 is 11.3 Å². The topological polar surface area (TPSA) is 85.4 Å².